The van der Waals surface area contributed by atoms with Gasteiger partial charge in [0, 0.05) is 0 Å². The molecular weight excluding hydrogens is 243 g/mol. The fourth-order valence-corrected chi connectivity index (χ4v) is 1.30. The zero-order valence-corrected chi connectivity index (χ0v) is 10.2. The number of alkyl halides is 3. The predicted molar refractivity (Wildman–Crippen MR) is 61.1 cm³/mol. The molecule has 0 saturated carbocycles. The normalized spacial score (nSPS) is 12.9. The summed E-state index contributed by atoms with van der Waals surface area (Å²) in [4.78, 5) is 0. The molecule has 0 N–H and O–H groups in total. The lowest BCUT2D eigenvalue weighted by Gasteiger charge is -2.16. The number of benzene rings is 1. The number of nitriles is 1. The molecule has 0 bridgehead atoms. The smallest absolute Gasteiger partial charge is 0.420 e. The second-order valence-corrected chi connectivity index (χ2v) is 4.14. The van der Waals surface area contributed by atoms with Crippen LogP contribution in [0.4, 0.5) is 13.2 Å². The van der Waals surface area contributed by atoms with Crippen LogP contribution in [0.3, 0.4) is 0 Å². The van der Waals surface area contributed by atoms with Crippen LogP contribution in [0.15, 0.2) is 18.2 Å². The molecule has 1 atom stereocenters. The summed E-state index contributed by atoms with van der Waals surface area (Å²) in [5, 5.41) is 8.62. The average Bonchev–Trinajstić information content (AvgIpc) is 2.34. The third-order valence-corrected chi connectivity index (χ3v) is 2.63. The van der Waals surface area contributed by atoms with E-state index >= 15 is 0 Å². The Morgan fingerprint density at radius 1 is 1.39 bits per heavy atom. The summed E-state index contributed by atoms with van der Waals surface area (Å²) >= 11 is 0. The van der Waals surface area contributed by atoms with Crippen LogP contribution in [-0.2, 0) is 6.18 Å². The third kappa shape index (κ3) is 3.66. The van der Waals surface area contributed by atoms with Crippen LogP contribution in [0.25, 0.3) is 0 Å². The van der Waals surface area contributed by atoms with Gasteiger partial charge >= 0.3 is 6.18 Å². The number of halogens is 3. The van der Waals surface area contributed by atoms with Gasteiger partial charge in [0.2, 0.25) is 0 Å². The van der Waals surface area contributed by atoms with Crippen LogP contribution in [0.2, 0.25) is 0 Å². The standard InChI is InChI=1S/C13H14F3NO/c1-3-9(2)8-18-12-5-4-10(7-17)6-11(12)13(14,15)16/h4-6,9H,3,8H2,1-2H3. The van der Waals surface area contributed by atoms with E-state index in [-0.39, 0.29) is 23.8 Å². The Morgan fingerprint density at radius 3 is 2.56 bits per heavy atom. The quantitative estimate of drug-likeness (QED) is 0.816. The predicted octanol–water partition coefficient (Wildman–Crippen LogP) is 4.00. The third-order valence-electron chi connectivity index (χ3n) is 2.63. The van der Waals surface area contributed by atoms with Gasteiger partial charge in [-0.05, 0) is 24.1 Å². The minimum Gasteiger partial charge on any atom is -0.493 e. The van der Waals surface area contributed by atoms with Crippen molar-refractivity contribution in [3.05, 3.63) is 29.3 Å². The first-order valence-corrected chi connectivity index (χ1v) is 5.62. The Balaban J connectivity index is 3.01. The average molecular weight is 257 g/mol. The summed E-state index contributed by atoms with van der Waals surface area (Å²) in [5.41, 5.74) is -0.928. The summed E-state index contributed by atoms with van der Waals surface area (Å²) in [7, 11) is 0. The Bertz CT molecular complexity index is 449. The highest BCUT2D eigenvalue weighted by Gasteiger charge is 2.34. The van der Waals surface area contributed by atoms with Crippen molar-refractivity contribution in [2.75, 3.05) is 6.61 Å². The minimum absolute atomic E-state index is 0.0294. The van der Waals surface area contributed by atoms with E-state index in [0.29, 0.717) is 0 Å². The van der Waals surface area contributed by atoms with Gasteiger partial charge in [-0.2, -0.15) is 18.4 Å². The fraction of sp³-hybridized carbons (Fsp3) is 0.462. The van der Waals surface area contributed by atoms with Gasteiger partial charge in [0.25, 0.3) is 0 Å². The van der Waals surface area contributed by atoms with Crippen LogP contribution in [-0.4, -0.2) is 6.61 Å². The first kappa shape index (κ1) is 14.4. The van der Waals surface area contributed by atoms with Gasteiger partial charge in [0.15, 0.2) is 0 Å². The molecule has 1 aromatic carbocycles. The molecule has 1 rings (SSSR count). The van der Waals surface area contributed by atoms with Gasteiger partial charge in [-0.15, -0.1) is 0 Å². The van der Waals surface area contributed by atoms with E-state index in [2.05, 4.69) is 0 Å². The zero-order chi connectivity index (χ0) is 13.8. The SMILES string of the molecule is CCC(C)COc1ccc(C#N)cc1C(F)(F)F. The van der Waals surface area contributed by atoms with E-state index < -0.39 is 11.7 Å². The van der Waals surface area contributed by atoms with E-state index in [9.17, 15) is 13.2 Å². The summed E-state index contributed by atoms with van der Waals surface area (Å²) in [6.45, 7) is 4.07. The van der Waals surface area contributed by atoms with Crippen molar-refractivity contribution in [1.29, 1.82) is 5.26 Å². The summed E-state index contributed by atoms with van der Waals surface area (Å²) in [5.74, 6) is -0.0384. The molecule has 0 heterocycles. The van der Waals surface area contributed by atoms with Crippen LogP contribution >= 0.6 is 0 Å². The number of hydrogen-bond acceptors (Lipinski definition) is 2. The number of ether oxygens (including phenoxy) is 1. The second kappa shape index (κ2) is 5.76. The molecule has 0 aromatic heterocycles. The highest BCUT2D eigenvalue weighted by Crippen LogP contribution is 2.36. The summed E-state index contributed by atoms with van der Waals surface area (Å²) < 4.78 is 43.5. The van der Waals surface area contributed by atoms with Crippen LogP contribution in [0.5, 0.6) is 5.75 Å². The number of rotatable bonds is 4. The van der Waals surface area contributed by atoms with Gasteiger partial charge in [0.05, 0.1) is 23.8 Å². The van der Waals surface area contributed by atoms with Crippen molar-refractivity contribution in [2.24, 2.45) is 5.92 Å². The van der Waals surface area contributed by atoms with Gasteiger partial charge < -0.3 is 4.74 Å². The highest BCUT2D eigenvalue weighted by atomic mass is 19.4. The maximum absolute atomic E-state index is 12.8. The molecule has 1 aromatic rings. The topological polar surface area (TPSA) is 33.0 Å². The molecule has 0 fully saturated rings. The molecule has 0 amide bonds. The summed E-state index contributed by atoms with van der Waals surface area (Å²) in [6, 6.07) is 5.02. The Hall–Kier alpha value is -1.70. The maximum atomic E-state index is 12.8. The molecule has 2 nitrogen and oxygen atoms in total. The molecule has 0 radical (unpaired) electrons. The fourth-order valence-electron chi connectivity index (χ4n) is 1.30. The molecule has 0 aliphatic rings. The van der Waals surface area contributed by atoms with Crippen molar-refractivity contribution in [1.82, 2.24) is 0 Å². The van der Waals surface area contributed by atoms with E-state index in [0.717, 1.165) is 12.5 Å². The molecular formula is C13H14F3NO. The largest absolute Gasteiger partial charge is 0.493 e. The molecule has 5 heteroatoms. The molecule has 1 unspecified atom stereocenters. The van der Waals surface area contributed by atoms with Crippen molar-refractivity contribution in [2.45, 2.75) is 26.4 Å². The van der Waals surface area contributed by atoms with Crippen molar-refractivity contribution in [3.8, 4) is 11.8 Å². The lowest BCUT2D eigenvalue weighted by Crippen LogP contribution is -2.13. The highest BCUT2D eigenvalue weighted by molar-refractivity contribution is 5.43. The van der Waals surface area contributed by atoms with Gasteiger partial charge in [0.1, 0.15) is 5.75 Å². The molecule has 18 heavy (non-hydrogen) atoms. The molecule has 0 aliphatic carbocycles. The first-order chi connectivity index (χ1) is 8.38. The van der Waals surface area contributed by atoms with E-state index in [4.69, 9.17) is 10.00 Å². The van der Waals surface area contributed by atoms with E-state index in [1.807, 2.05) is 13.8 Å². The van der Waals surface area contributed by atoms with Crippen molar-refractivity contribution >= 4 is 0 Å². The van der Waals surface area contributed by atoms with Crippen LogP contribution in [0.1, 0.15) is 31.4 Å². The maximum Gasteiger partial charge on any atom is 0.420 e. The van der Waals surface area contributed by atoms with Crippen LogP contribution < -0.4 is 4.74 Å². The summed E-state index contributed by atoms with van der Waals surface area (Å²) in [6.07, 6.45) is -3.69. The first-order valence-electron chi connectivity index (χ1n) is 5.62. The second-order valence-electron chi connectivity index (χ2n) is 4.14. The lowest BCUT2D eigenvalue weighted by atomic mass is 10.1. The van der Waals surface area contributed by atoms with E-state index in [1.54, 1.807) is 6.07 Å². The molecule has 0 saturated heterocycles. The molecule has 0 aliphatic heterocycles. The minimum atomic E-state index is -4.52. The van der Waals surface area contributed by atoms with Gasteiger partial charge in [-0.25, -0.2) is 0 Å². The zero-order valence-electron chi connectivity index (χ0n) is 10.2. The molecule has 0 spiro atoms. The Kier molecular flexibility index (Phi) is 4.60. The van der Waals surface area contributed by atoms with Crippen molar-refractivity contribution in [3.63, 3.8) is 0 Å². The van der Waals surface area contributed by atoms with E-state index in [1.165, 1.54) is 12.1 Å². The number of nitrogens with zero attached hydrogens (tertiary/aromatic N) is 1. The monoisotopic (exact) mass is 257 g/mol. The van der Waals surface area contributed by atoms with Crippen molar-refractivity contribution < 1.29 is 17.9 Å². The molecule has 98 valence electrons. The Labute approximate surface area is 104 Å². The lowest BCUT2D eigenvalue weighted by molar-refractivity contribution is -0.139. The number of hydrogen-bond donors (Lipinski definition) is 0. The van der Waals surface area contributed by atoms with Gasteiger partial charge in [-0.1, -0.05) is 20.3 Å². The van der Waals surface area contributed by atoms with Crippen LogP contribution in [0, 0.1) is 17.2 Å². The Morgan fingerprint density at radius 2 is 2.06 bits per heavy atom. The van der Waals surface area contributed by atoms with Gasteiger partial charge in [-0.3, -0.25) is 0 Å².